The first-order valence-corrected chi connectivity index (χ1v) is 12.1. The maximum atomic E-state index is 12.8. The Labute approximate surface area is 208 Å². The Kier molecular flexibility index (Phi) is 7.52. The summed E-state index contributed by atoms with van der Waals surface area (Å²) in [5.41, 5.74) is 7.06. The topological polar surface area (TPSA) is 59.4 Å². The number of carbonyl (C=O) groups excluding carboxylic acids is 1. The van der Waals surface area contributed by atoms with Crippen LogP contribution in [0.3, 0.4) is 0 Å². The van der Waals surface area contributed by atoms with E-state index in [9.17, 15) is 4.79 Å². The molecule has 0 aliphatic carbocycles. The third kappa shape index (κ3) is 5.91. The molecule has 1 saturated heterocycles. The van der Waals surface area contributed by atoms with Gasteiger partial charge < -0.3 is 15.1 Å². The Hall–Kier alpha value is -4.04. The molecule has 3 aromatic rings. The Morgan fingerprint density at radius 3 is 2.43 bits per heavy atom. The number of hydrogen-bond acceptors (Lipinski definition) is 3. The fraction of sp³-hybridized carbons (Fsp3) is 0.267. The molecule has 0 bridgehead atoms. The lowest BCUT2D eigenvalue weighted by atomic mass is 9.88. The van der Waals surface area contributed by atoms with Crippen LogP contribution in [-0.2, 0) is 6.54 Å². The Morgan fingerprint density at radius 2 is 1.77 bits per heavy atom. The number of urea groups is 1. The first-order chi connectivity index (χ1) is 16.9. The number of nitriles is 1. The molecule has 0 atom stereocenters. The number of nitrogens with one attached hydrogen (secondary N) is 1. The number of hydrogen-bond donors (Lipinski definition) is 1. The van der Waals surface area contributed by atoms with E-state index < -0.39 is 0 Å². The molecule has 2 amide bonds. The van der Waals surface area contributed by atoms with Crippen LogP contribution in [0.4, 0.5) is 10.5 Å². The average molecular weight is 465 g/mol. The monoisotopic (exact) mass is 464 g/mol. The van der Waals surface area contributed by atoms with E-state index in [1.165, 1.54) is 5.56 Å². The van der Waals surface area contributed by atoms with Crippen molar-refractivity contribution in [1.29, 1.82) is 5.26 Å². The second kappa shape index (κ2) is 10.9. The number of carbonyl (C=O) groups is 1. The van der Waals surface area contributed by atoms with E-state index in [1.54, 1.807) is 11.9 Å². The summed E-state index contributed by atoms with van der Waals surface area (Å²) in [6.45, 7) is 8.90. The lowest BCUT2D eigenvalue weighted by molar-refractivity contribution is 0.220. The number of nitrogens with zero attached hydrogens (tertiary/aromatic N) is 3. The molecule has 1 aliphatic rings. The van der Waals surface area contributed by atoms with Crippen LogP contribution >= 0.6 is 0 Å². The summed E-state index contributed by atoms with van der Waals surface area (Å²) in [5.74, 6) is 0.499. The number of likely N-dealkylation sites (tertiary alicyclic amines) is 1. The molecule has 0 saturated carbocycles. The standard InChI is InChI=1S/C30H32N4O/c1-22-9-14-28(32-30(35)33(3)21-25-7-5-4-6-8-25)19-29(22)23(2)34-17-15-27(16-18-34)26-12-10-24(20-31)11-13-26/h4-14,19,27H,2,15-18,21H2,1,3H3,(H,32,35). The number of amides is 2. The summed E-state index contributed by atoms with van der Waals surface area (Å²) < 4.78 is 0. The van der Waals surface area contributed by atoms with Gasteiger partial charge in [0.2, 0.25) is 0 Å². The van der Waals surface area contributed by atoms with Gasteiger partial charge in [0, 0.05) is 43.6 Å². The fourth-order valence-electron chi connectivity index (χ4n) is 4.64. The first kappa shape index (κ1) is 24.1. The van der Waals surface area contributed by atoms with Crippen molar-refractivity contribution in [2.24, 2.45) is 0 Å². The molecule has 1 N–H and O–H groups in total. The summed E-state index contributed by atoms with van der Waals surface area (Å²) in [6, 6.07) is 26.0. The van der Waals surface area contributed by atoms with Crippen LogP contribution in [0.1, 0.15) is 46.6 Å². The molecule has 0 aromatic heterocycles. The lowest BCUT2D eigenvalue weighted by Gasteiger charge is -2.35. The van der Waals surface area contributed by atoms with Crippen LogP contribution in [0.5, 0.6) is 0 Å². The number of anilines is 1. The molecule has 35 heavy (non-hydrogen) atoms. The third-order valence-electron chi connectivity index (χ3n) is 6.80. The minimum Gasteiger partial charge on any atom is -0.371 e. The van der Waals surface area contributed by atoms with Crippen LogP contribution in [0.2, 0.25) is 0 Å². The Bertz CT molecular complexity index is 1220. The van der Waals surface area contributed by atoms with Crippen LogP contribution in [0.15, 0.2) is 79.4 Å². The molecule has 0 radical (unpaired) electrons. The number of piperidine rings is 1. The number of rotatable bonds is 6. The fourth-order valence-corrected chi connectivity index (χ4v) is 4.64. The van der Waals surface area contributed by atoms with Gasteiger partial charge in [0.1, 0.15) is 0 Å². The maximum absolute atomic E-state index is 12.8. The van der Waals surface area contributed by atoms with E-state index in [-0.39, 0.29) is 6.03 Å². The highest BCUT2D eigenvalue weighted by molar-refractivity contribution is 5.90. The van der Waals surface area contributed by atoms with Crippen molar-refractivity contribution in [2.45, 2.75) is 32.2 Å². The summed E-state index contributed by atoms with van der Waals surface area (Å²) in [7, 11) is 1.80. The van der Waals surface area contributed by atoms with Crippen molar-refractivity contribution >= 4 is 17.4 Å². The predicted molar refractivity (Wildman–Crippen MR) is 142 cm³/mol. The van der Waals surface area contributed by atoms with E-state index in [0.717, 1.165) is 54.0 Å². The minimum absolute atomic E-state index is 0.141. The predicted octanol–water partition coefficient (Wildman–Crippen LogP) is 6.38. The van der Waals surface area contributed by atoms with Crippen LogP contribution in [0.25, 0.3) is 5.70 Å². The normalized spacial score (nSPS) is 13.7. The summed E-state index contributed by atoms with van der Waals surface area (Å²) in [5, 5.41) is 12.1. The zero-order chi connectivity index (χ0) is 24.8. The molecule has 4 rings (SSSR count). The smallest absolute Gasteiger partial charge is 0.321 e. The van der Waals surface area contributed by atoms with Gasteiger partial charge in [-0.1, -0.05) is 55.1 Å². The Morgan fingerprint density at radius 1 is 1.09 bits per heavy atom. The van der Waals surface area contributed by atoms with E-state index in [1.807, 2.05) is 60.7 Å². The highest BCUT2D eigenvalue weighted by Crippen LogP contribution is 2.33. The van der Waals surface area contributed by atoms with E-state index >= 15 is 0 Å². The molecule has 0 unspecified atom stereocenters. The SMILES string of the molecule is C=C(c1cc(NC(=O)N(C)Cc2ccccc2)ccc1C)N1CCC(c2ccc(C#N)cc2)CC1. The molecule has 5 nitrogen and oxygen atoms in total. The molecule has 0 spiro atoms. The van der Waals surface area contributed by atoms with Gasteiger partial charge in [-0.15, -0.1) is 0 Å². The summed E-state index contributed by atoms with van der Waals surface area (Å²) in [6.07, 6.45) is 2.09. The van der Waals surface area contributed by atoms with Gasteiger partial charge >= 0.3 is 6.03 Å². The van der Waals surface area contributed by atoms with Crippen molar-refractivity contribution in [3.63, 3.8) is 0 Å². The van der Waals surface area contributed by atoms with Gasteiger partial charge in [0.05, 0.1) is 11.6 Å². The van der Waals surface area contributed by atoms with Crippen molar-refractivity contribution in [3.8, 4) is 6.07 Å². The van der Waals surface area contributed by atoms with Crippen molar-refractivity contribution in [3.05, 3.63) is 107 Å². The van der Waals surface area contributed by atoms with Crippen molar-refractivity contribution < 1.29 is 4.79 Å². The average Bonchev–Trinajstić information content (AvgIpc) is 2.90. The van der Waals surface area contributed by atoms with Crippen molar-refractivity contribution in [1.82, 2.24) is 9.80 Å². The van der Waals surface area contributed by atoms with Gasteiger partial charge in [0.15, 0.2) is 0 Å². The molecule has 1 aliphatic heterocycles. The summed E-state index contributed by atoms with van der Waals surface area (Å²) in [4.78, 5) is 16.8. The van der Waals surface area contributed by atoms with Gasteiger partial charge in [-0.2, -0.15) is 5.26 Å². The largest absolute Gasteiger partial charge is 0.371 e. The van der Waals surface area contributed by atoms with Crippen LogP contribution in [-0.4, -0.2) is 36.0 Å². The van der Waals surface area contributed by atoms with Gasteiger partial charge in [-0.05, 0) is 66.6 Å². The number of benzene rings is 3. The van der Waals surface area contributed by atoms with Gasteiger partial charge in [-0.25, -0.2) is 4.79 Å². The van der Waals surface area contributed by atoms with E-state index in [2.05, 4.69) is 41.9 Å². The molecule has 1 fully saturated rings. The van der Waals surface area contributed by atoms with E-state index in [4.69, 9.17) is 5.26 Å². The molecule has 3 aromatic carbocycles. The Balaban J connectivity index is 1.37. The van der Waals surface area contributed by atoms with Gasteiger partial charge in [-0.3, -0.25) is 0 Å². The van der Waals surface area contributed by atoms with Crippen molar-refractivity contribution in [2.75, 3.05) is 25.5 Å². The lowest BCUT2D eigenvalue weighted by Crippen LogP contribution is -2.32. The number of aryl methyl sites for hydroxylation is 1. The third-order valence-corrected chi connectivity index (χ3v) is 6.80. The van der Waals surface area contributed by atoms with Crippen LogP contribution in [0, 0.1) is 18.3 Å². The maximum Gasteiger partial charge on any atom is 0.321 e. The van der Waals surface area contributed by atoms with Crippen LogP contribution < -0.4 is 5.32 Å². The molecule has 5 heteroatoms. The van der Waals surface area contributed by atoms with E-state index in [0.29, 0.717) is 18.0 Å². The minimum atomic E-state index is -0.141. The summed E-state index contributed by atoms with van der Waals surface area (Å²) >= 11 is 0. The zero-order valence-electron chi connectivity index (χ0n) is 20.5. The molecule has 178 valence electrons. The van der Waals surface area contributed by atoms with Gasteiger partial charge in [0.25, 0.3) is 0 Å². The highest BCUT2D eigenvalue weighted by Gasteiger charge is 2.23. The second-order valence-corrected chi connectivity index (χ2v) is 9.24. The zero-order valence-corrected chi connectivity index (χ0v) is 20.5. The highest BCUT2D eigenvalue weighted by atomic mass is 16.2. The second-order valence-electron chi connectivity index (χ2n) is 9.24. The molecular formula is C30H32N4O. The molecular weight excluding hydrogens is 432 g/mol. The first-order valence-electron chi connectivity index (χ1n) is 12.1. The molecule has 1 heterocycles. The quantitative estimate of drug-likeness (QED) is 0.460.